The highest BCUT2D eigenvalue weighted by atomic mass is 15.0. The zero-order chi connectivity index (χ0) is 12.4. The Kier molecular flexibility index (Phi) is 3.15. The van der Waals surface area contributed by atoms with Crippen LogP contribution in [0.5, 0.6) is 0 Å². The van der Waals surface area contributed by atoms with Crippen molar-refractivity contribution in [1.82, 2.24) is 10.3 Å². The lowest BCUT2D eigenvalue weighted by atomic mass is 10.0. The average Bonchev–Trinajstić information content (AvgIpc) is 2.39. The van der Waals surface area contributed by atoms with Crippen LogP contribution in [0, 0.1) is 0 Å². The van der Waals surface area contributed by atoms with Gasteiger partial charge in [-0.05, 0) is 44.5 Å². The molecule has 3 nitrogen and oxygen atoms in total. The largest absolute Gasteiger partial charge is 0.367 e. The van der Waals surface area contributed by atoms with Crippen molar-refractivity contribution in [2.45, 2.75) is 31.8 Å². The predicted molar refractivity (Wildman–Crippen MR) is 75.9 cm³/mol. The molecule has 2 heterocycles. The SMILES string of the molecule is CC1CC(Nc2ccc3ccccc3n2)CCN1. The van der Waals surface area contributed by atoms with Crippen molar-refractivity contribution in [2.24, 2.45) is 0 Å². The molecule has 1 aliphatic rings. The van der Waals surface area contributed by atoms with E-state index >= 15 is 0 Å². The number of nitrogens with zero attached hydrogens (tertiary/aromatic N) is 1. The molecule has 2 N–H and O–H groups in total. The summed E-state index contributed by atoms with van der Waals surface area (Å²) in [6.07, 6.45) is 2.33. The highest BCUT2D eigenvalue weighted by Gasteiger charge is 2.18. The Morgan fingerprint density at radius 3 is 3.00 bits per heavy atom. The second-order valence-electron chi connectivity index (χ2n) is 5.11. The van der Waals surface area contributed by atoms with E-state index in [1.807, 2.05) is 12.1 Å². The van der Waals surface area contributed by atoms with E-state index in [-0.39, 0.29) is 0 Å². The highest BCUT2D eigenvalue weighted by molar-refractivity contribution is 5.80. The van der Waals surface area contributed by atoms with E-state index in [4.69, 9.17) is 0 Å². The Hall–Kier alpha value is -1.61. The maximum absolute atomic E-state index is 4.66. The van der Waals surface area contributed by atoms with Crippen LogP contribution in [0.25, 0.3) is 10.9 Å². The van der Waals surface area contributed by atoms with Crippen molar-refractivity contribution < 1.29 is 0 Å². The average molecular weight is 241 g/mol. The summed E-state index contributed by atoms with van der Waals surface area (Å²) in [5.74, 6) is 0.993. The first-order chi connectivity index (χ1) is 8.81. The number of rotatable bonds is 2. The van der Waals surface area contributed by atoms with Gasteiger partial charge in [0.1, 0.15) is 5.82 Å². The van der Waals surface area contributed by atoms with Crippen LogP contribution in [0.15, 0.2) is 36.4 Å². The maximum atomic E-state index is 4.66. The maximum Gasteiger partial charge on any atom is 0.126 e. The fraction of sp³-hybridized carbons (Fsp3) is 0.400. The Balaban J connectivity index is 1.78. The zero-order valence-corrected chi connectivity index (χ0v) is 10.7. The number of hydrogen-bond donors (Lipinski definition) is 2. The number of benzene rings is 1. The number of para-hydroxylation sites is 1. The van der Waals surface area contributed by atoms with Gasteiger partial charge in [-0.2, -0.15) is 0 Å². The minimum atomic E-state index is 0.537. The normalized spacial score (nSPS) is 24.1. The Morgan fingerprint density at radius 2 is 2.11 bits per heavy atom. The van der Waals surface area contributed by atoms with Crippen LogP contribution in [0.4, 0.5) is 5.82 Å². The van der Waals surface area contributed by atoms with Crippen LogP contribution in [-0.4, -0.2) is 23.6 Å². The van der Waals surface area contributed by atoms with Crippen molar-refractivity contribution in [2.75, 3.05) is 11.9 Å². The van der Waals surface area contributed by atoms with Crippen LogP contribution >= 0.6 is 0 Å². The van der Waals surface area contributed by atoms with E-state index in [0.717, 1.165) is 24.3 Å². The van der Waals surface area contributed by atoms with E-state index in [1.54, 1.807) is 0 Å². The number of pyridine rings is 1. The van der Waals surface area contributed by atoms with Crippen LogP contribution < -0.4 is 10.6 Å². The molecule has 1 saturated heterocycles. The summed E-state index contributed by atoms with van der Waals surface area (Å²) < 4.78 is 0. The topological polar surface area (TPSA) is 37.0 Å². The van der Waals surface area contributed by atoms with Gasteiger partial charge in [-0.15, -0.1) is 0 Å². The summed E-state index contributed by atoms with van der Waals surface area (Å²) in [6.45, 7) is 3.33. The van der Waals surface area contributed by atoms with E-state index in [2.05, 4.69) is 46.8 Å². The molecular weight excluding hydrogens is 222 g/mol. The summed E-state index contributed by atoms with van der Waals surface area (Å²) in [6, 6.07) is 13.6. The molecule has 3 rings (SSSR count). The van der Waals surface area contributed by atoms with E-state index < -0.39 is 0 Å². The predicted octanol–water partition coefficient (Wildman–Crippen LogP) is 2.79. The molecule has 1 aromatic heterocycles. The van der Waals surface area contributed by atoms with Gasteiger partial charge in [0.05, 0.1) is 5.52 Å². The smallest absolute Gasteiger partial charge is 0.126 e. The molecule has 2 aromatic rings. The van der Waals surface area contributed by atoms with Crippen LogP contribution in [0.3, 0.4) is 0 Å². The van der Waals surface area contributed by atoms with Gasteiger partial charge in [0.15, 0.2) is 0 Å². The lowest BCUT2D eigenvalue weighted by Crippen LogP contribution is -2.41. The van der Waals surface area contributed by atoms with Gasteiger partial charge in [-0.25, -0.2) is 4.98 Å². The Labute approximate surface area is 108 Å². The first-order valence-electron chi connectivity index (χ1n) is 6.67. The van der Waals surface area contributed by atoms with Crippen LogP contribution in [-0.2, 0) is 0 Å². The number of piperidine rings is 1. The molecule has 1 fully saturated rings. The summed E-state index contributed by atoms with van der Waals surface area (Å²) in [5.41, 5.74) is 1.06. The molecule has 3 heteroatoms. The minimum absolute atomic E-state index is 0.537. The molecule has 0 saturated carbocycles. The van der Waals surface area contributed by atoms with Gasteiger partial charge in [-0.1, -0.05) is 18.2 Å². The van der Waals surface area contributed by atoms with Crippen LogP contribution in [0.1, 0.15) is 19.8 Å². The number of anilines is 1. The van der Waals surface area contributed by atoms with Crippen molar-refractivity contribution in [3.8, 4) is 0 Å². The quantitative estimate of drug-likeness (QED) is 0.849. The first kappa shape index (κ1) is 11.5. The van der Waals surface area contributed by atoms with Gasteiger partial charge in [0, 0.05) is 17.5 Å². The molecule has 1 aromatic carbocycles. The lowest BCUT2D eigenvalue weighted by molar-refractivity contribution is 0.396. The monoisotopic (exact) mass is 241 g/mol. The fourth-order valence-electron chi connectivity index (χ4n) is 2.62. The van der Waals surface area contributed by atoms with Crippen molar-refractivity contribution in [3.63, 3.8) is 0 Å². The minimum Gasteiger partial charge on any atom is -0.367 e. The molecule has 0 radical (unpaired) electrons. The van der Waals surface area contributed by atoms with E-state index in [0.29, 0.717) is 12.1 Å². The second kappa shape index (κ2) is 4.94. The molecule has 0 bridgehead atoms. The first-order valence-corrected chi connectivity index (χ1v) is 6.67. The molecule has 2 atom stereocenters. The number of aromatic nitrogens is 1. The highest BCUT2D eigenvalue weighted by Crippen LogP contribution is 2.18. The number of nitrogens with one attached hydrogen (secondary N) is 2. The molecule has 1 aliphatic heterocycles. The van der Waals surface area contributed by atoms with Crippen LogP contribution in [0.2, 0.25) is 0 Å². The lowest BCUT2D eigenvalue weighted by Gasteiger charge is -2.29. The van der Waals surface area contributed by atoms with Gasteiger partial charge in [0.25, 0.3) is 0 Å². The summed E-state index contributed by atoms with van der Waals surface area (Å²) in [5, 5.41) is 8.22. The second-order valence-corrected chi connectivity index (χ2v) is 5.11. The molecule has 0 aliphatic carbocycles. The van der Waals surface area contributed by atoms with Crippen molar-refractivity contribution >= 4 is 16.7 Å². The molecule has 18 heavy (non-hydrogen) atoms. The van der Waals surface area contributed by atoms with Crippen molar-refractivity contribution in [1.29, 1.82) is 0 Å². The Bertz CT molecular complexity index is 538. The van der Waals surface area contributed by atoms with E-state index in [1.165, 1.54) is 11.8 Å². The molecule has 0 amide bonds. The molecular formula is C15H19N3. The van der Waals surface area contributed by atoms with Gasteiger partial charge >= 0.3 is 0 Å². The molecule has 0 spiro atoms. The van der Waals surface area contributed by atoms with Gasteiger partial charge in [0.2, 0.25) is 0 Å². The van der Waals surface area contributed by atoms with Crippen molar-refractivity contribution in [3.05, 3.63) is 36.4 Å². The number of fused-ring (bicyclic) bond motifs is 1. The third-order valence-electron chi connectivity index (χ3n) is 3.57. The summed E-state index contributed by atoms with van der Waals surface area (Å²) in [7, 11) is 0. The Morgan fingerprint density at radius 1 is 1.22 bits per heavy atom. The third-order valence-corrected chi connectivity index (χ3v) is 3.57. The molecule has 94 valence electrons. The number of hydrogen-bond acceptors (Lipinski definition) is 3. The standard InChI is InChI=1S/C15H19N3/c1-11-10-13(8-9-16-11)17-15-7-6-12-4-2-3-5-14(12)18-15/h2-7,11,13,16H,8-10H2,1H3,(H,17,18). The fourth-order valence-corrected chi connectivity index (χ4v) is 2.62. The van der Waals surface area contributed by atoms with E-state index in [9.17, 15) is 0 Å². The van der Waals surface area contributed by atoms with Gasteiger partial charge < -0.3 is 10.6 Å². The molecule has 2 unspecified atom stereocenters. The third kappa shape index (κ3) is 2.46. The summed E-state index contributed by atoms with van der Waals surface area (Å²) in [4.78, 5) is 4.66. The van der Waals surface area contributed by atoms with Gasteiger partial charge in [-0.3, -0.25) is 0 Å². The summed E-state index contributed by atoms with van der Waals surface area (Å²) >= 11 is 0. The zero-order valence-electron chi connectivity index (χ0n) is 10.7.